The minimum atomic E-state index is -0.840. The normalized spacial score (nSPS) is 15.4. The van der Waals surface area contributed by atoms with Gasteiger partial charge < -0.3 is 19.6 Å². The van der Waals surface area contributed by atoms with Gasteiger partial charge in [0.05, 0.1) is 11.2 Å². The Kier molecular flexibility index (Phi) is 6.45. The standard InChI is InChI=1S/C20H28N4O3/c1-3-23(4-2)11-12-27-16-5-6-17-18(13-16)21-14-22-19(17)15-7-9-24(10-8-15)20(25)26/h5-6,13-15H,3-4,7-12H2,1-2H3,(H,25,26). The second-order valence-electron chi connectivity index (χ2n) is 6.86. The molecule has 0 atom stereocenters. The molecule has 2 aromatic rings. The monoisotopic (exact) mass is 372 g/mol. The summed E-state index contributed by atoms with van der Waals surface area (Å²) in [6, 6.07) is 5.97. The minimum Gasteiger partial charge on any atom is -0.492 e. The number of likely N-dealkylation sites (tertiary alicyclic amines) is 1. The third-order valence-corrected chi connectivity index (χ3v) is 5.36. The Labute approximate surface area is 160 Å². The highest BCUT2D eigenvalue weighted by Crippen LogP contribution is 2.32. The van der Waals surface area contributed by atoms with Gasteiger partial charge in [0, 0.05) is 37.0 Å². The van der Waals surface area contributed by atoms with Crippen molar-refractivity contribution in [3.8, 4) is 5.75 Å². The zero-order valence-electron chi connectivity index (χ0n) is 16.1. The van der Waals surface area contributed by atoms with Gasteiger partial charge in [0.25, 0.3) is 0 Å². The molecule has 1 saturated heterocycles. The molecule has 1 aliphatic rings. The van der Waals surface area contributed by atoms with Crippen LogP contribution in [0.4, 0.5) is 4.79 Å². The van der Waals surface area contributed by atoms with Crippen LogP contribution < -0.4 is 4.74 Å². The minimum absolute atomic E-state index is 0.264. The van der Waals surface area contributed by atoms with Gasteiger partial charge >= 0.3 is 6.09 Å². The lowest BCUT2D eigenvalue weighted by atomic mass is 9.91. The molecule has 27 heavy (non-hydrogen) atoms. The average molecular weight is 372 g/mol. The second kappa shape index (κ2) is 8.99. The SMILES string of the molecule is CCN(CC)CCOc1ccc2c(C3CCN(C(=O)O)CC3)ncnc2c1. The molecule has 1 fully saturated rings. The number of piperidine rings is 1. The molecule has 0 bridgehead atoms. The van der Waals surface area contributed by atoms with Crippen LogP contribution in [0.2, 0.25) is 0 Å². The fraction of sp³-hybridized carbons (Fsp3) is 0.550. The van der Waals surface area contributed by atoms with Crippen LogP contribution in [0.25, 0.3) is 10.9 Å². The van der Waals surface area contributed by atoms with Crippen LogP contribution in [-0.2, 0) is 0 Å². The lowest BCUT2D eigenvalue weighted by Gasteiger charge is -2.30. The zero-order chi connectivity index (χ0) is 19.2. The summed E-state index contributed by atoms with van der Waals surface area (Å²) >= 11 is 0. The summed E-state index contributed by atoms with van der Waals surface area (Å²) < 4.78 is 5.90. The van der Waals surface area contributed by atoms with Crippen molar-refractivity contribution in [2.24, 2.45) is 0 Å². The van der Waals surface area contributed by atoms with Gasteiger partial charge in [-0.25, -0.2) is 14.8 Å². The van der Waals surface area contributed by atoms with Crippen molar-refractivity contribution >= 4 is 17.0 Å². The van der Waals surface area contributed by atoms with Gasteiger partial charge in [0.2, 0.25) is 0 Å². The summed E-state index contributed by atoms with van der Waals surface area (Å²) in [4.78, 5) is 23.8. The highest BCUT2D eigenvalue weighted by molar-refractivity contribution is 5.82. The molecule has 0 unspecified atom stereocenters. The molecule has 1 aromatic heterocycles. The van der Waals surface area contributed by atoms with Gasteiger partial charge in [-0.15, -0.1) is 0 Å². The van der Waals surface area contributed by atoms with Crippen molar-refractivity contribution in [2.75, 3.05) is 39.3 Å². The van der Waals surface area contributed by atoms with Crippen LogP contribution in [-0.4, -0.2) is 70.3 Å². The van der Waals surface area contributed by atoms with Crippen LogP contribution in [0.5, 0.6) is 5.75 Å². The van der Waals surface area contributed by atoms with E-state index in [-0.39, 0.29) is 5.92 Å². The van der Waals surface area contributed by atoms with Crippen molar-refractivity contribution in [2.45, 2.75) is 32.6 Å². The number of hydrogen-bond acceptors (Lipinski definition) is 5. The van der Waals surface area contributed by atoms with Crippen LogP contribution >= 0.6 is 0 Å². The van der Waals surface area contributed by atoms with Crippen molar-refractivity contribution in [3.05, 3.63) is 30.2 Å². The van der Waals surface area contributed by atoms with E-state index in [0.29, 0.717) is 19.7 Å². The number of hydrogen-bond donors (Lipinski definition) is 1. The molecule has 0 saturated carbocycles. The third-order valence-electron chi connectivity index (χ3n) is 5.36. The van der Waals surface area contributed by atoms with Gasteiger partial charge in [-0.3, -0.25) is 0 Å². The zero-order valence-corrected chi connectivity index (χ0v) is 16.1. The summed E-state index contributed by atoms with van der Waals surface area (Å²) in [7, 11) is 0. The molecule has 0 radical (unpaired) electrons. The van der Waals surface area contributed by atoms with Gasteiger partial charge in [0.15, 0.2) is 0 Å². The van der Waals surface area contributed by atoms with E-state index in [9.17, 15) is 4.79 Å². The molecule has 0 spiro atoms. The number of rotatable bonds is 7. The van der Waals surface area contributed by atoms with E-state index in [2.05, 4.69) is 28.7 Å². The summed E-state index contributed by atoms with van der Waals surface area (Å²) in [5, 5.41) is 10.1. The molecule has 7 heteroatoms. The second-order valence-corrected chi connectivity index (χ2v) is 6.86. The quantitative estimate of drug-likeness (QED) is 0.804. The van der Waals surface area contributed by atoms with Gasteiger partial charge in [-0.2, -0.15) is 0 Å². The van der Waals surface area contributed by atoms with Crippen molar-refractivity contribution in [3.63, 3.8) is 0 Å². The maximum atomic E-state index is 11.1. The fourth-order valence-electron chi connectivity index (χ4n) is 3.65. The van der Waals surface area contributed by atoms with E-state index in [1.165, 1.54) is 4.90 Å². The van der Waals surface area contributed by atoms with Gasteiger partial charge in [0.1, 0.15) is 18.7 Å². The number of fused-ring (bicyclic) bond motifs is 1. The molecule has 1 amide bonds. The molecule has 0 aliphatic carbocycles. The number of nitrogens with zero attached hydrogens (tertiary/aromatic N) is 4. The Hall–Kier alpha value is -2.41. The molecule has 7 nitrogen and oxygen atoms in total. The Balaban J connectivity index is 1.69. The molecule has 1 N–H and O–H groups in total. The highest BCUT2D eigenvalue weighted by Gasteiger charge is 2.25. The molecule has 1 aromatic carbocycles. The van der Waals surface area contributed by atoms with Crippen LogP contribution in [0.3, 0.4) is 0 Å². The topological polar surface area (TPSA) is 78.8 Å². The predicted molar refractivity (Wildman–Crippen MR) is 104 cm³/mol. The van der Waals surface area contributed by atoms with E-state index in [1.54, 1.807) is 6.33 Å². The van der Waals surface area contributed by atoms with E-state index in [0.717, 1.165) is 54.8 Å². The Bertz CT molecular complexity index is 771. The summed E-state index contributed by atoms with van der Waals surface area (Å²) in [6.45, 7) is 9.01. The first kappa shape index (κ1) is 19.4. The van der Waals surface area contributed by atoms with E-state index < -0.39 is 6.09 Å². The van der Waals surface area contributed by atoms with Gasteiger partial charge in [-0.1, -0.05) is 13.8 Å². The van der Waals surface area contributed by atoms with E-state index >= 15 is 0 Å². The first-order chi connectivity index (χ1) is 13.1. The van der Waals surface area contributed by atoms with Crippen LogP contribution in [0.15, 0.2) is 24.5 Å². The number of benzene rings is 1. The maximum absolute atomic E-state index is 11.1. The Morgan fingerprint density at radius 1 is 1.26 bits per heavy atom. The Morgan fingerprint density at radius 3 is 2.67 bits per heavy atom. The van der Waals surface area contributed by atoms with Crippen molar-refractivity contribution in [1.82, 2.24) is 19.8 Å². The number of amides is 1. The molecular weight excluding hydrogens is 344 g/mol. The number of aromatic nitrogens is 2. The average Bonchev–Trinajstić information content (AvgIpc) is 2.70. The molecular formula is C20H28N4O3. The third kappa shape index (κ3) is 4.66. The largest absolute Gasteiger partial charge is 0.492 e. The molecule has 3 rings (SSSR count). The smallest absolute Gasteiger partial charge is 0.407 e. The van der Waals surface area contributed by atoms with E-state index in [1.807, 2.05) is 18.2 Å². The number of ether oxygens (including phenoxy) is 1. The molecule has 2 heterocycles. The number of carbonyl (C=O) groups is 1. The van der Waals surface area contributed by atoms with E-state index in [4.69, 9.17) is 9.84 Å². The van der Waals surface area contributed by atoms with Crippen molar-refractivity contribution < 1.29 is 14.6 Å². The van der Waals surface area contributed by atoms with Crippen molar-refractivity contribution in [1.29, 1.82) is 0 Å². The summed E-state index contributed by atoms with van der Waals surface area (Å²) in [6.07, 6.45) is 2.34. The first-order valence-corrected chi connectivity index (χ1v) is 9.70. The van der Waals surface area contributed by atoms with Gasteiger partial charge in [-0.05, 0) is 38.1 Å². The summed E-state index contributed by atoms with van der Waals surface area (Å²) in [5.74, 6) is 1.08. The fourth-order valence-corrected chi connectivity index (χ4v) is 3.65. The Morgan fingerprint density at radius 2 is 2.00 bits per heavy atom. The lowest BCUT2D eigenvalue weighted by molar-refractivity contribution is 0.132. The predicted octanol–water partition coefficient (Wildman–Crippen LogP) is 3.21. The first-order valence-electron chi connectivity index (χ1n) is 9.70. The number of carboxylic acid groups (broad SMARTS) is 1. The summed E-state index contributed by atoms with van der Waals surface area (Å²) in [5.41, 5.74) is 1.89. The maximum Gasteiger partial charge on any atom is 0.407 e. The van der Waals surface area contributed by atoms with Crippen LogP contribution in [0, 0.1) is 0 Å². The van der Waals surface area contributed by atoms with Crippen LogP contribution in [0.1, 0.15) is 38.3 Å². The number of likely N-dealkylation sites (N-methyl/N-ethyl adjacent to an activating group) is 1. The highest BCUT2D eigenvalue weighted by atomic mass is 16.5. The lowest BCUT2D eigenvalue weighted by Crippen LogP contribution is -2.37. The molecule has 1 aliphatic heterocycles. The molecule has 146 valence electrons.